The van der Waals surface area contributed by atoms with E-state index in [0.29, 0.717) is 6.42 Å². The number of carbonyl (C=O) groups excluding carboxylic acids is 2. The Balaban J connectivity index is 1.84. The number of nitrogens with one attached hydrogen (secondary N) is 1. The number of thiazole rings is 1. The predicted molar refractivity (Wildman–Crippen MR) is 156 cm³/mol. The van der Waals surface area contributed by atoms with E-state index in [9.17, 15) is 19.8 Å². The van der Waals surface area contributed by atoms with Gasteiger partial charge in [0.25, 0.3) is 0 Å². The Labute approximate surface area is 238 Å². The summed E-state index contributed by atoms with van der Waals surface area (Å²) in [6, 6.07) is -0.282. The minimum absolute atomic E-state index is 0.00744. The molecule has 2 aliphatic heterocycles. The minimum atomic E-state index is -1.17. The summed E-state index contributed by atoms with van der Waals surface area (Å²) >= 11 is 1.65. The van der Waals surface area contributed by atoms with Crippen molar-refractivity contribution in [2.75, 3.05) is 0 Å². The van der Waals surface area contributed by atoms with E-state index in [-0.39, 0.29) is 47.2 Å². The standard InChI is InChI=1S/C31H50N2O5S/c1-18-11-10-12-31(9)24(38-31)14-22(19(2)13-21-17-39-26(32-21)16-29(4,5)6)33-25(35)15-23(34)30(7,8)28(37)20(3)27(18)36/h13,17-18,20,22-24,27,34,36H,10-12,14-16H2,1-9H3,(H,33,35)/t18-,20+,22?,23-,24-,27-,31+/m0/s1. The molecule has 3 heterocycles. The number of rotatable bonds is 3. The number of fused-ring (bicyclic) bond motifs is 1. The van der Waals surface area contributed by atoms with E-state index >= 15 is 0 Å². The van der Waals surface area contributed by atoms with Gasteiger partial charge < -0.3 is 20.3 Å². The molecular formula is C31H50N2O5S. The van der Waals surface area contributed by atoms with Gasteiger partial charge in [0.05, 0.1) is 52.5 Å². The molecule has 1 aromatic heterocycles. The highest BCUT2D eigenvalue weighted by atomic mass is 32.1. The van der Waals surface area contributed by atoms with Crippen LogP contribution < -0.4 is 5.32 Å². The molecule has 1 unspecified atom stereocenters. The number of aliphatic hydroxyl groups excluding tert-OH is 2. The fourth-order valence-electron chi connectivity index (χ4n) is 5.67. The molecule has 3 rings (SSSR count). The summed E-state index contributed by atoms with van der Waals surface area (Å²) in [7, 11) is 0. The zero-order chi connectivity index (χ0) is 29.3. The van der Waals surface area contributed by atoms with E-state index in [1.54, 1.807) is 32.1 Å². The number of aliphatic hydroxyl groups is 2. The summed E-state index contributed by atoms with van der Waals surface area (Å²) in [5.74, 6) is -1.24. The number of nitrogens with zero attached hydrogens (tertiary/aromatic N) is 1. The lowest BCUT2D eigenvalue weighted by atomic mass is 9.72. The summed E-state index contributed by atoms with van der Waals surface area (Å²) in [6.07, 6.45) is 3.90. The number of carbonyl (C=O) groups is 2. The summed E-state index contributed by atoms with van der Waals surface area (Å²) in [5.41, 5.74) is 0.574. The molecule has 7 nitrogen and oxygen atoms in total. The van der Waals surface area contributed by atoms with Gasteiger partial charge in [0.2, 0.25) is 5.91 Å². The topological polar surface area (TPSA) is 112 Å². The maximum Gasteiger partial charge on any atom is 0.223 e. The molecule has 0 aromatic carbocycles. The van der Waals surface area contributed by atoms with Crippen molar-refractivity contribution < 1.29 is 24.5 Å². The molecule has 1 aromatic rings. The van der Waals surface area contributed by atoms with Crippen molar-refractivity contribution in [3.05, 3.63) is 21.7 Å². The van der Waals surface area contributed by atoms with Crippen LogP contribution in [0.4, 0.5) is 0 Å². The third kappa shape index (κ3) is 8.21. The SMILES string of the molecule is CC(=Cc1csc(CC(C)(C)C)n1)C1C[C@@H]2O[C@]2(C)CCC[C@H](C)[C@H](O)[C@@H](C)C(=O)C(C)(C)[C@@H](O)CC(=O)N1. The maximum atomic E-state index is 13.3. The van der Waals surface area contributed by atoms with Crippen molar-refractivity contribution in [1.82, 2.24) is 10.3 Å². The number of hydrogen-bond donors (Lipinski definition) is 3. The monoisotopic (exact) mass is 562 g/mol. The number of aromatic nitrogens is 1. The van der Waals surface area contributed by atoms with Crippen LogP contribution in [0.25, 0.3) is 6.08 Å². The molecule has 0 radical (unpaired) electrons. The van der Waals surface area contributed by atoms with Gasteiger partial charge in [-0.25, -0.2) is 4.98 Å². The average Bonchev–Trinajstić information content (AvgIpc) is 3.24. The normalized spacial score (nSPS) is 35.3. The summed E-state index contributed by atoms with van der Waals surface area (Å²) in [5, 5.41) is 28.1. The molecule has 0 aliphatic carbocycles. The van der Waals surface area contributed by atoms with Gasteiger partial charge in [-0.05, 0) is 49.7 Å². The van der Waals surface area contributed by atoms with Crippen molar-refractivity contribution >= 4 is 29.1 Å². The zero-order valence-corrected chi connectivity index (χ0v) is 26.2. The van der Waals surface area contributed by atoms with Crippen LogP contribution in [0.2, 0.25) is 0 Å². The largest absolute Gasteiger partial charge is 0.392 e. The average molecular weight is 563 g/mol. The zero-order valence-electron chi connectivity index (χ0n) is 25.3. The Morgan fingerprint density at radius 1 is 1.23 bits per heavy atom. The summed E-state index contributed by atoms with van der Waals surface area (Å²) < 4.78 is 6.15. The molecule has 3 N–H and O–H groups in total. The second-order valence-corrected chi connectivity index (χ2v) is 15.0. The molecular weight excluding hydrogens is 512 g/mol. The highest BCUT2D eigenvalue weighted by Gasteiger charge is 2.52. The fourth-order valence-corrected chi connectivity index (χ4v) is 6.72. The van der Waals surface area contributed by atoms with Gasteiger partial charge >= 0.3 is 0 Å². The molecule has 0 spiro atoms. The quantitative estimate of drug-likeness (QED) is 0.429. The lowest BCUT2D eigenvalue weighted by Crippen LogP contribution is -2.47. The van der Waals surface area contributed by atoms with Crippen molar-refractivity contribution in [1.29, 1.82) is 0 Å². The van der Waals surface area contributed by atoms with Crippen molar-refractivity contribution in [3.63, 3.8) is 0 Å². The van der Waals surface area contributed by atoms with Crippen molar-refractivity contribution in [2.24, 2.45) is 22.7 Å². The third-order valence-electron chi connectivity index (χ3n) is 8.68. The van der Waals surface area contributed by atoms with Gasteiger partial charge in [-0.1, -0.05) is 54.9 Å². The number of amides is 1. The Morgan fingerprint density at radius 2 is 1.90 bits per heavy atom. The predicted octanol–water partition coefficient (Wildman–Crippen LogP) is 5.33. The lowest BCUT2D eigenvalue weighted by molar-refractivity contribution is -0.143. The Bertz CT molecular complexity index is 1060. The van der Waals surface area contributed by atoms with Gasteiger partial charge in [0, 0.05) is 24.1 Å². The molecule has 1 amide bonds. The van der Waals surface area contributed by atoms with E-state index < -0.39 is 23.5 Å². The van der Waals surface area contributed by atoms with Crippen molar-refractivity contribution in [3.8, 4) is 0 Å². The first-order valence-corrected chi connectivity index (χ1v) is 15.3. The van der Waals surface area contributed by atoms with Crippen LogP contribution >= 0.6 is 11.3 Å². The van der Waals surface area contributed by atoms with E-state index in [1.807, 2.05) is 25.3 Å². The minimum Gasteiger partial charge on any atom is -0.392 e. The molecule has 8 heteroatoms. The van der Waals surface area contributed by atoms with Crippen LogP contribution in [0.3, 0.4) is 0 Å². The lowest BCUT2D eigenvalue weighted by Gasteiger charge is -2.34. The van der Waals surface area contributed by atoms with Gasteiger partial charge in [-0.15, -0.1) is 11.3 Å². The molecule has 39 heavy (non-hydrogen) atoms. The summed E-state index contributed by atoms with van der Waals surface area (Å²) in [6.45, 7) is 17.7. The first kappa shape index (κ1) is 31.9. The first-order chi connectivity index (χ1) is 17.9. The Kier molecular flexibility index (Phi) is 9.90. The van der Waals surface area contributed by atoms with E-state index in [2.05, 4.69) is 33.0 Å². The number of epoxide rings is 1. The number of hydrogen-bond acceptors (Lipinski definition) is 7. The molecule has 2 aliphatic rings. The molecule has 220 valence electrons. The molecule has 0 bridgehead atoms. The van der Waals surface area contributed by atoms with E-state index in [1.165, 1.54) is 0 Å². The second-order valence-electron chi connectivity index (χ2n) is 14.0. The Morgan fingerprint density at radius 3 is 2.54 bits per heavy atom. The van der Waals surface area contributed by atoms with Crippen molar-refractivity contribution in [2.45, 2.75) is 131 Å². The van der Waals surface area contributed by atoms with Crippen LogP contribution in [-0.2, 0) is 20.7 Å². The first-order valence-electron chi connectivity index (χ1n) is 14.4. The number of Topliss-reactive ketones (excluding diaryl/α,β-unsaturated/α-hetero) is 1. The van der Waals surface area contributed by atoms with Crippen LogP contribution in [0.1, 0.15) is 105 Å². The van der Waals surface area contributed by atoms with Crippen LogP contribution in [0.5, 0.6) is 0 Å². The van der Waals surface area contributed by atoms with E-state index in [4.69, 9.17) is 9.72 Å². The van der Waals surface area contributed by atoms with Gasteiger partial charge in [0.1, 0.15) is 5.78 Å². The van der Waals surface area contributed by atoms with Gasteiger partial charge in [0.15, 0.2) is 0 Å². The Hall–Kier alpha value is -1.61. The summed E-state index contributed by atoms with van der Waals surface area (Å²) in [4.78, 5) is 31.3. The van der Waals surface area contributed by atoms with Crippen LogP contribution in [0.15, 0.2) is 11.0 Å². The fraction of sp³-hybridized carbons (Fsp3) is 0.774. The highest BCUT2D eigenvalue weighted by Crippen LogP contribution is 2.44. The second kappa shape index (κ2) is 12.1. The van der Waals surface area contributed by atoms with Gasteiger partial charge in [-0.2, -0.15) is 0 Å². The highest BCUT2D eigenvalue weighted by molar-refractivity contribution is 7.09. The number of ether oxygens (including phenoxy) is 1. The van der Waals surface area contributed by atoms with Gasteiger partial charge in [-0.3, -0.25) is 9.59 Å². The van der Waals surface area contributed by atoms with Crippen LogP contribution in [0, 0.1) is 22.7 Å². The maximum absolute atomic E-state index is 13.3. The molecule has 7 atom stereocenters. The smallest absolute Gasteiger partial charge is 0.223 e. The third-order valence-corrected chi connectivity index (χ3v) is 9.55. The molecule has 0 saturated carbocycles. The molecule has 2 saturated heterocycles. The van der Waals surface area contributed by atoms with E-state index in [0.717, 1.165) is 42.0 Å². The number of ketones is 1. The van der Waals surface area contributed by atoms with Crippen LogP contribution in [-0.4, -0.2) is 56.8 Å². The molecule has 2 fully saturated rings.